The Morgan fingerprint density at radius 2 is 2.13 bits per heavy atom. The number of amides is 1. The van der Waals surface area contributed by atoms with Crippen molar-refractivity contribution in [2.45, 2.75) is 32.7 Å². The van der Waals surface area contributed by atoms with E-state index in [0.29, 0.717) is 17.0 Å². The van der Waals surface area contributed by atoms with E-state index in [1.54, 1.807) is 4.90 Å². The van der Waals surface area contributed by atoms with Gasteiger partial charge in [-0.2, -0.15) is 0 Å². The van der Waals surface area contributed by atoms with E-state index in [1.165, 1.54) is 18.4 Å². The summed E-state index contributed by atoms with van der Waals surface area (Å²) in [7, 11) is 1.35. The van der Waals surface area contributed by atoms with Crippen LogP contribution in [0.2, 0.25) is 0 Å². The number of benzene rings is 1. The van der Waals surface area contributed by atoms with Gasteiger partial charge in [-0.25, -0.2) is 9.78 Å². The summed E-state index contributed by atoms with van der Waals surface area (Å²) in [4.78, 5) is 31.8. The van der Waals surface area contributed by atoms with E-state index in [-0.39, 0.29) is 5.91 Å². The number of nitrogens with zero attached hydrogens (tertiary/aromatic N) is 2. The number of para-hydroxylation sites is 1. The normalized spacial score (nSPS) is 16.3. The second kappa shape index (κ2) is 6.12. The monoisotopic (exact) mass is 330 g/mol. The molecule has 1 aromatic heterocycles. The maximum atomic E-state index is 13.1. The van der Waals surface area contributed by atoms with Crippen LogP contribution in [0.5, 0.6) is 0 Å². The number of carbonyl (C=O) groups excluding carboxylic acids is 2. The smallest absolute Gasteiger partial charge is 0.329 e. The Morgan fingerprint density at radius 3 is 2.78 bits per heavy atom. The van der Waals surface area contributed by atoms with Crippen molar-refractivity contribution in [2.75, 3.05) is 12.0 Å². The van der Waals surface area contributed by atoms with Crippen molar-refractivity contribution in [3.8, 4) is 0 Å². The number of fused-ring (bicyclic) bond motifs is 1. The van der Waals surface area contributed by atoms with Crippen molar-refractivity contribution < 1.29 is 14.3 Å². The van der Waals surface area contributed by atoms with Gasteiger partial charge < -0.3 is 4.74 Å². The molecule has 120 valence electrons. The van der Waals surface area contributed by atoms with E-state index in [1.807, 2.05) is 38.1 Å². The standard InChI is InChI=1S/C17H18N2O3S/c1-4-14-18-10(2)15(23-14)16(20)19-12-8-6-5-7-11(12)9-13(19)17(21)22-3/h5-8,13H,4,9H2,1-3H3/t13-/m0/s1. The molecule has 0 bridgehead atoms. The molecular formula is C17H18N2O3S. The number of thiazole rings is 1. The third kappa shape index (κ3) is 2.63. The number of methoxy groups -OCH3 is 1. The van der Waals surface area contributed by atoms with Crippen molar-refractivity contribution in [3.05, 3.63) is 45.4 Å². The van der Waals surface area contributed by atoms with Crippen molar-refractivity contribution in [3.63, 3.8) is 0 Å². The molecule has 0 aliphatic carbocycles. The number of ether oxygens (including phenoxy) is 1. The van der Waals surface area contributed by atoms with E-state index >= 15 is 0 Å². The zero-order valence-electron chi connectivity index (χ0n) is 13.3. The van der Waals surface area contributed by atoms with Crippen molar-refractivity contribution in [1.82, 2.24) is 4.98 Å². The lowest BCUT2D eigenvalue weighted by molar-refractivity contribution is -0.141. The van der Waals surface area contributed by atoms with Crippen LogP contribution in [0, 0.1) is 6.92 Å². The van der Waals surface area contributed by atoms with E-state index in [4.69, 9.17) is 4.74 Å². The summed E-state index contributed by atoms with van der Waals surface area (Å²) >= 11 is 1.40. The third-order valence-electron chi connectivity index (χ3n) is 4.01. The number of rotatable bonds is 3. The maximum Gasteiger partial charge on any atom is 0.329 e. The number of hydrogen-bond acceptors (Lipinski definition) is 5. The molecule has 1 aliphatic heterocycles. The Bertz CT molecular complexity index is 769. The Balaban J connectivity index is 2.04. The lowest BCUT2D eigenvalue weighted by atomic mass is 10.1. The van der Waals surface area contributed by atoms with Crippen LogP contribution < -0.4 is 4.90 Å². The average Bonchev–Trinajstić information content (AvgIpc) is 3.14. The van der Waals surface area contributed by atoms with E-state index in [0.717, 1.165) is 22.7 Å². The number of hydrogen-bond donors (Lipinski definition) is 0. The van der Waals surface area contributed by atoms with Gasteiger partial charge >= 0.3 is 5.97 Å². The first-order valence-electron chi connectivity index (χ1n) is 7.52. The van der Waals surface area contributed by atoms with Crippen LogP contribution in [-0.2, 0) is 22.4 Å². The summed E-state index contributed by atoms with van der Waals surface area (Å²) in [6.45, 7) is 3.84. The van der Waals surface area contributed by atoms with Gasteiger partial charge in [0.05, 0.1) is 17.8 Å². The second-order valence-corrected chi connectivity index (χ2v) is 6.51. The first kappa shape index (κ1) is 15.7. The van der Waals surface area contributed by atoms with Gasteiger partial charge in [-0.05, 0) is 25.0 Å². The number of esters is 1. The minimum Gasteiger partial charge on any atom is -0.467 e. The van der Waals surface area contributed by atoms with Crippen molar-refractivity contribution in [2.24, 2.45) is 0 Å². The SMILES string of the molecule is CCc1nc(C)c(C(=O)N2c3ccccc3C[C@H]2C(=O)OC)s1. The minimum absolute atomic E-state index is 0.181. The van der Waals surface area contributed by atoms with Gasteiger partial charge in [0.1, 0.15) is 10.9 Å². The third-order valence-corrected chi connectivity index (χ3v) is 5.30. The van der Waals surface area contributed by atoms with Gasteiger partial charge in [-0.15, -0.1) is 11.3 Å². The lowest BCUT2D eigenvalue weighted by Gasteiger charge is -2.23. The molecule has 0 saturated heterocycles. The van der Waals surface area contributed by atoms with Crippen molar-refractivity contribution >= 4 is 28.9 Å². The van der Waals surface area contributed by atoms with Crippen LogP contribution in [0.15, 0.2) is 24.3 Å². The molecule has 23 heavy (non-hydrogen) atoms. The van der Waals surface area contributed by atoms with E-state index < -0.39 is 12.0 Å². The predicted octanol–water partition coefficient (Wildman–Crippen LogP) is 2.76. The highest BCUT2D eigenvalue weighted by molar-refractivity contribution is 7.14. The van der Waals surface area contributed by atoms with Gasteiger partial charge in [-0.3, -0.25) is 9.69 Å². The fourth-order valence-corrected chi connectivity index (χ4v) is 3.81. The summed E-state index contributed by atoms with van der Waals surface area (Å²) in [5, 5.41) is 0.924. The number of aryl methyl sites for hydroxylation is 2. The quantitative estimate of drug-likeness (QED) is 0.812. The summed E-state index contributed by atoms with van der Waals surface area (Å²) in [6, 6.07) is 6.98. The van der Waals surface area contributed by atoms with Gasteiger partial charge in [0, 0.05) is 12.1 Å². The van der Waals surface area contributed by atoms with Crippen LogP contribution in [0.1, 0.15) is 32.9 Å². The highest BCUT2D eigenvalue weighted by Gasteiger charge is 2.40. The fraction of sp³-hybridized carbons (Fsp3) is 0.353. The molecule has 6 heteroatoms. The molecule has 1 aromatic carbocycles. The molecule has 2 heterocycles. The summed E-state index contributed by atoms with van der Waals surface area (Å²) in [5.41, 5.74) is 2.47. The highest BCUT2D eigenvalue weighted by atomic mass is 32.1. The second-order valence-electron chi connectivity index (χ2n) is 5.42. The molecule has 1 atom stereocenters. The number of anilines is 1. The molecule has 1 amide bonds. The fourth-order valence-electron chi connectivity index (χ4n) is 2.87. The molecule has 0 unspecified atom stereocenters. The molecule has 2 aromatic rings. The van der Waals surface area contributed by atoms with Crippen LogP contribution in [-0.4, -0.2) is 30.0 Å². The molecule has 0 saturated carbocycles. The van der Waals surface area contributed by atoms with Gasteiger partial charge in [0.25, 0.3) is 5.91 Å². The van der Waals surface area contributed by atoms with Crippen molar-refractivity contribution in [1.29, 1.82) is 0 Å². The molecule has 0 fully saturated rings. The van der Waals surface area contributed by atoms with Gasteiger partial charge in [0.15, 0.2) is 0 Å². The van der Waals surface area contributed by atoms with Crippen LogP contribution >= 0.6 is 11.3 Å². The Labute approximate surface area is 138 Å². The van der Waals surface area contributed by atoms with Gasteiger partial charge in [0.2, 0.25) is 0 Å². The number of carbonyl (C=O) groups is 2. The summed E-state index contributed by atoms with van der Waals surface area (Å²) in [6.07, 6.45) is 1.27. The average molecular weight is 330 g/mol. The minimum atomic E-state index is -0.614. The molecule has 3 rings (SSSR count). The zero-order chi connectivity index (χ0) is 16.6. The van der Waals surface area contributed by atoms with Gasteiger partial charge in [-0.1, -0.05) is 25.1 Å². The summed E-state index contributed by atoms with van der Waals surface area (Å²) < 4.78 is 4.89. The predicted molar refractivity (Wildman–Crippen MR) is 89.0 cm³/mol. The molecule has 0 N–H and O–H groups in total. The topological polar surface area (TPSA) is 59.5 Å². The molecule has 0 spiro atoms. The van der Waals surface area contributed by atoms with Crippen LogP contribution in [0.4, 0.5) is 5.69 Å². The molecule has 5 nitrogen and oxygen atoms in total. The number of aromatic nitrogens is 1. The van der Waals surface area contributed by atoms with E-state index in [2.05, 4.69) is 4.98 Å². The largest absolute Gasteiger partial charge is 0.467 e. The van der Waals surface area contributed by atoms with Crippen LogP contribution in [0.3, 0.4) is 0 Å². The first-order chi connectivity index (χ1) is 11.1. The van der Waals surface area contributed by atoms with Crippen LogP contribution in [0.25, 0.3) is 0 Å². The Morgan fingerprint density at radius 1 is 1.39 bits per heavy atom. The first-order valence-corrected chi connectivity index (χ1v) is 8.34. The van der Waals surface area contributed by atoms with E-state index in [9.17, 15) is 9.59 Å². The lowest BCUT2D eigenvalue weighted by Crippen LogP contribution is -2.43. The highest BCUT2D eigenvalue weighted by Crippen LogP contribution is 2.35. The Hall–Kier alpha value is -2.21. The molecule has 0 radical (unpaired) electrons. The molecule has 1 aliphatic rings. The zero-order valence-corrected chi connectivity index (χ0v) is 14.1. The Kier molecular flexibility index (Phi) is 4.17. The summed E-state index contributed by atoms with van der Waals surface area (Å²) in [5.74, 6) is -0.576. The maximum absolute atomic E-state index is 13.1. The molecular weight excluding hydrogens is 312 g/mol.